The van der Waals surface area contributed by atoms with Crippen molar-refractivity contribution in [2.24, 2.45) is 10.7 Å². The van der Waals surface area contributed by atoms with E-state index in [4.69, 9.17) is 31.9 Å². The van der Waals surface area contributed by atoms with Crippen molar-refractivity contribution in [3.63, 3.8) is 0 Å². The summed E-state index contributed by atoms with van der Waals surface area (Å²) < 4.78 is 22.2. The second-order valence-electron chi connectivity index (χ2n) is 5.29. The summed E-state index contributed by atoms with van der Waals surface area (Å²) in [6.07, 6.45) is -5.22. The van der Waals surface area contributed by atoms with Crippen LogP contribution in [0.5, 0.6) is 0 Å². The Hall–Kier alpha value is -0.760. The number of hydrogen-bond acceptors (Lipinski definition) is 9. The number of aromatic nitrogens is 2. The average molecular weight is 463 g/mol. The van der Waals surface area contributed by atoms with Gasteiger partial charge in [-0.25, -0.2) is 14.5 Å². The van der Waals surface area contributed by atoms with E-state index in [1.54, 1.807) is 0 Å². The summed E-state index contributed by atoms with van der Waals surface area (Å²) in [6.45, 7) is -0.622. The Morgan fingerprint density at radius 3 is 2.76 bits per heavy atom. The van der Waals surface area contributed by atoms with Crippen LogP contribution in [0.2, 0.25) is 0 Å². The molecule has 3 heterocycles. The molecule has 0 radical (unpaired) electrons. The van der Waals surface area contributed by atoms with Crippen LogP contribution in [0.25, 0.3) is 0 Å². The highest BCUT2D eigenvalue weighted by molar-refractivity contribution is 9.10. The zero-order valence-electron chi connectivity index (χ0n) is 12.2. The lowest BCUT2D eigenvalue weighted by Gasteiger charge is -2.23. The van der Waals surface area contributed by atoms with E-state index in [2.05, 4.69) is 35.7 Å². The molecule has 2 aliphatic rings. The van der Waals surface area contributed by atoms with Gasteiger partial charge in [-0.15, -0.1) is 0 Å². The van der Waals surface area contributed by atoms with Crippen molar-refractivity contribution in [3.8, 4) is 0 Å². The number of hydrogen-bond donors (Lipinski definition) is 6. The predicted molar refractivity (Wildman–Crippen MR) is 87.7 cm³/mol. The lowest BCUT2D eigenvalue weighted by molar-refractivity contribution is -0.0521. The van der Waals surface area contributed by atoms with Gasteiger partial charge < -0.3 is 35.8 Å². The summed E-state index contributed by atoms with van der Waals surface area (Å²) in [5.41, 5.74) is 5.11. The van der Waals surface area contributed by atoms with Crippen LogP contribution in [-0.2, 0) is 13.8 Å². The predicted octanol–water partition coefficient (Wildman–Crippen LogP) is -0.648. The SMILES string of the molecule is NC1=NC(Cl)c2nc(Br)n(C3OC(COP(=O)(O)O)C(O)C3O)c2N1. The van der Waals surface area contributed by atoms with Gasteiger partial charge in [0.1, 0.15) is 29.8 Å². The number of aliphatic imine (C=N–C) groups is 1. The molecule has 5 unspecified atom stereocenters. The maximum absolute atomic E-state index is 10.8. The fourth-order valence-electron chi connectivity index (χ4n) is 2.53. The molecule has 1 aromatic heterocycles. The van der Waals surface area contributed by atoms with Gasteiger partial charge in [0.25, 0.3) is 0 Å². The van der Waals surface area contributed by atoms with Crippen LogP contribution in [0, 0.1) is 0 Å². The molecule has 7 N–H and O–H groups in total. The van der Waals surface area contributed by atoms with Gasteiger partial charge in [0.2, 0.25) is 0 Å². The molecular weight excluding hydrogens is 448 g/mol. The first-order valence-electron chi connectivity index (χ1n) is 6.82. The van der Waals surface area contributed by atoms with E-state index in [1.807, 2.05) is 0 Å². The largest absolute Gasteiger partial charge is 0.469 e. The minimum Gasteiger partial charge on any atom is -0.387 e. The Kier molecular flexibility index (Phi) is 5.14. The molecule has 2 aliphatic heterocycles. The van der Waals surface area contributed by atoms with Crippen molar-refractivity contribution >= 4 is 47.1 Å². The minimum absolute atomic E-state index is 0.0237. The Balaban J connectivity index is 1.87. The van der Waals surface area contributed by atoms with Crippen LogP contribution in [0.3, 0.4) is 0 Å². The van der Waals surface area contributed by atoms with Crippen molar-refractivity contribution in [1.82, 2.24) is 9.55 Å². The van der Waals surface area contributed by atoms with E-state index >= 15 is 0 Å². The molecule has 0 saturated carbocycles. The molecule has 0 bridgehead atoms. The third-order valence-corrected chi connectivity index (χ3v) is 4.97. The van der Waals surface area contributed by atoms with Crippen LogP contribution < -0.4 is 11.1 Å². The highest BCUT2D eigenvalue weighted by atomic mass is 79.9. The number of halogens is 2. The quantitative estimate of drug-likeness (QED) is 0.191. The van der Waals surface area contributed by atoms with Gasteiger partial charge in [0.15, 0.2) is 22.4 Å². The Labute approximate surface area is 154 Å². The number of aliphatic hydroxyl groups excluding tert-OH is 2. The summed E-state index contributed by atoms with van der Waals surface area (Å²) in [7, 11) is -4.75. The molecule has 15 heteroatoms. The summed E-state index contributed by atoms with van der Waals surface area (Å²) >= 11 is 9.27. The van der Waals surface area contributed by atoms with Crippen LogP contribution in [-0.4, -0.2) is 60.4 Å². The van der Waals surface area contributed by atoms with E-state index in [-0.39, 0.29) is 10.7 Å². The van der Waals surface area contributed by atoms with Crippen molar-refractivity contribution in [3.05, 3.63) is 10.4 Å². The van der Waals surface area contributed by atoms with Crippen molar-refractivity contribution in [2.75, 3.05) is 11.9 Å². The first kappa shape index (κ1) is 19.0. The second-order valence-corrected chi connectivity index (χ2v) is 7.65. The number of imidazole rings is 1. The van der Waals surface area contributed by atoms with Gasteiger partial charge in [-0.05, 0) is 15.9 Å². The molecule has 1 aromatic rings. The van der Waals surface area contributed by atoms with E-state index in [9.17, 15) is 14.8 Å². The molecular formula is C10H14BrClN5O7P. The van der Waals surface area contributed by atoms with E-state index in [0.29, 0.717) is 11.5 Å². The van der Waals surface area contributed by atoms with Crippen LogP contribution in [0.15, 0.2) is 9.73 Å². The Morgan fingerprint density at radius 1 is 1.44 bits per heavy atom. The van der Waals surface area contributed by atoms with Gasteiger partial charge in [-0.1, -0.05) is 11.6 Å². The maximum atomic E-state index is 10.8. The van der Waals surface area contributed by atoms with Crippen LogP contribution >= 0.6 is 35.4 Å². The third-order valence-electron chi connectivity index (χ3n) is 3.62. The topological polar surface area (TPSA) is 185 Å². The van der Waals surface area contributed by atoms with Gasteiger partial charge in [0.05, 0.1) is 6.61 Å². The molecule has 3 rings (SSSR count). The first-order chi connectivity index (χ1) is 11.6. The summed E-state index contributed by atoms with van der Waals surface area (Å²) in [5.74, 6) is 0.322. The fraction of sp³-hybridized carbons (Fsp3) is 0.600. The highest BCUT2D eigenvalue weighted by Gasteiger charge is 2.46. The number of nitrogens with two attached hydrogens (primary N) is 1. The van der Waals surface area contributed by atoms with Crippen molar-refractivity contribution < 1.29 is 33.8 Å². The standard InChI is InChI=1S/C10H14BrClN5O7P/c11-9-14-3-6(12)15-10(13)16-7(3)17(9)8-5(19)4(18)2(24-8)1-23-25(20,21)22/h2,4-6,8,18-19H,1H2,(H3,13,15,16)(H2,20,21,22). The van der Waals surface area contributed by atoms with Crippen molar-refractivity contribution in [1.29, 1.82) is 0 Å². The molecule has 140 valence electrons. The number of anilines is 1. The Morgan fingerprint density at radius 2 is 2.12 bits per heavy atom. The second kappa shape index (κ2) is 6.76. The Bertz CT molecular complexity index is 756. The number of guanidine groups is 1. The summed E-state index contributed by atoms with van der Waals surface area (Å²) in [4.78, 5) is 25.6. The number of phosphoric ester groups is 1. The number of fused-ring (bicyclic) bond motifs is 1. The summed E-state index contributed by atoms with van der Waals surface area (Å²) in [5, 5.41) is 23.1. The molecule has 12 nitrogen and oxygen atoms in total. The number of rotatable bonds is 4. The monoisotopic (exact) mass is 461 g/mol. The molecule has 25 heavy (non-hydrogen) atoms. The van der Waals surface area contributed by atoms with Gasteiger partial charge >= 0.3 is 7.82 Å². The van der Waals surface area contributed by atoms with Crippen LogP contribution in [0.1, 0.15) is 17.4 Å². The fourth-order valence-corrected chi connectivity index (χ4v) is 3.70. The first-order valence-corrected chi connectivity index (χ1v) is 9.58. The number of alkyl halides is 1. The lowest BCUT2D eigenvalue weighted by Crippen LogP contribution is -2.34. The smallest absolute Gasteiger partial charge is 0.387 e. The molecule has 0 amide bonds. The van der Waals surface area contributed by atoms with Gasteiger partial charge in [-0.3, -0.25) is 9.09 Å². The molecule has 0 aliphatic carbocycles. The molecule has 1 saturated heterocycles. The highest BCUT2D eigenvalue weighted by Crippen LogP contribution is 2.42. The number of nitrogens with zero attached hydrogens (tertiary/aromatic N) is 3. The number of ether oxygens (including phenoxy) is 1. The zero-order valence-corrected chi connectivity index (χ0v) is 15.5. The van der Waals surface area contributed by atoms with E-state index < -0.39 is 44.5 Å². The average Bonchev–Trinajstić information content (AvgIpc) is 2.95. The maximum Gasteiger partial charge on any atom is 0.469 e. The summed E-state index contributed by atoms with van der Waals surface area (Å²) in [6, 6.07) is 0. The van der Waals surface area contributed by atoms with Gasteiger partial charge in [-0.2, -0.15) is 0 Å². The number of aliphatic hydroxyl groups is 2. The van der Waals surface area contributed by atoms with E-state index in [1.165, 1.54) is 4.57 Å². The molecule has 1 fully saturated rings. The normalized spacial score (nSPS) is 32.2. The minimum atomic E-state index is -4.75. The third kappa shape index (κ3) is 3.70. The molecule has 5 atom stereocenters. The van der Waals surface area contributed by atoms with E-state index in [0.717, 1.165) is 0 Å². The zero-order chi connectivity index (χ0) is 18.5. The molecule has 0 spiro atoms. The lowest BCUT2D eigenvalue weighted by atomic mass is 10.1. The molecule has 0 aromatic carbocycles. The number of nitrogens with one attached hydrogen (secondary N) is 1. The number of phosphoric acid groups is 1. The van der Waals surface area contributed by atoms with Gasteiger partial charge in [0, 0.05) is 0 Å². The van der Waals surface area contributed by atoms with Crippen LogP contribution in [0.4, 0.5) is 5.82 Å². The van der Waals surface area contributed by atoms with Crippen molar-refractivity contribution in [2.45, 2.75) is 30.0 Å².